The third-order valence-corrected chi connectivity index (χ3v) is 9.21. The number of halogens is 2. The highest BCUT2D eigenvalue weighted by Gasteiger charge is 2.50. The fourth-order valence-corrected chi connectivity index (χ4v) is 6.53. The Bertz CT molecular complexity index is 1750. The minimum Gasteiger partial charge on any atom is -0.502 e. The molecule has 0 radical (unpaired) electrons. The number of aromatic nitrogens is 2. The summed E-state index contributed by atoms with van der Waals surface area (Å²) in [4.78, 5) is 41.0. The van der Waals surface area contributed by atoms with Crippen LogP contribution in [0.4, 0.5) is 8.78 Å². The minimum atomic E-state index is -0.963. The molecule has 1 aliphatic heterocycles. The number of fused-ring (bicyclic) bond motifs is 1. The van der Waals surface area contributed by atoms with Crippen LogP contribution in [0.15, 0.2) is 39.8 Å². The quantitative estimate of drug-likeness (QED) is 0.223. The maximum atomic E-state index is 14.1. The molecule has 13 nitrogen and oxygen atoms in total. The molecule has 0 atom stereocenters. The van der Waals surface area contributed by atoms with Crippen molar-refractivity contribution in [1.82, 2.24) is 20.0 Å². The van der Waals surface area contributed by atoms with Crippen LogP contribution in [0.2, 0.25) is 0 Å². The number of carbonyl (C=O) groups is 2. The number of rotatable bonds is 7. The van der Waals surface area contributed by atoms with Gasteiger partial charge in [-0.05, 0) is 42.5 Å². The number of nitrogens with one attached hydrogen (secondary N) is 3. The monoisotopic (exact) mass is 643 g/mol. The average Bonchev–Trinajstić information content (AvgIpc) is 3.49. The van der Waals surface area contributed by atoms with Crippen LogP contribution in [-0.4, -0.2) is 68.6 Å². The molecule has 238 valence electrons. The summed E-state index contributed by atoms with van der Waals surface area (Å²) in [6, 6.07) is 4.53. The molecule has 2 amide bonds. The van der Waals surface area contributed by atoms with E-state index in [0.29, 0.717) is 55.2 Å². The molecule has 1 spiro atoms. The predicted octanol–water partition coefficient (Wildman–Crippen LogP) is 2.96. The first-order chi connectivity index (χ1) is 21.4. The first-order valence-electron chi connectivity index (χ1n) is 13.9. The number of ether oxygens (including phenoxy) is 1. The van der Waals surface area contributed by atoms with Crippen molar-refractivity contribution in [2.75, 3.05) is 26.2 Å². The molecule has 0 unspecified atom stereocenters. The summed E-state index contributed by atoms with van der Waals surface area (Å²) in [5, 5.41) is 35.3. The van der Waals surface area contributed by atoms with Gasteiger partial charge in [0.15, 0.2) is 17.2 Å². The van der Waals surface area contributed by atoms with Crippen LogP contribution < -0.4 is 20.5 Å². The Labute approximate surface area is 260 Å². The third-order valence-electron chi connectivity index (χ3n) is 8.40. The van der Waals surface area contributed by atoms with Crippen molar-refractivity contribution in [3.8, 4) is 11.6 Å². The van der Waals surface area contributed by atoms with E-state index in [-0.39, 0.29) is 46.7 Å². The Morgan fingerprint density at radius 3 is 2.58 bits per heavy atom. The molecular weight excluding hydrogens is 612 g/mol. The van der Waals surface area contributed by atoms with E-state index < -0.39 is 39.4 Å². The van der Waals surface area contributed by atoms with E-state index in [2.05, 4.69) is 10.5 Å². The van der Waals surface area contributed by atoms with E-state index in [1.165, 1.54) is 28.9 Å². The highest BCUT2D eigenvalue weighted by atomic mass is 32.2. The lowest BCUT2D eigenvalue weighted by Gasteiger charge is -2.55. The molecule has 16 heteroatoms. The molecule has 45 heavy (non-hydrogen) atoms. The molecular formula is C29H31F2N7O6S. The summed E-state index contributed by atoms with van der Waals surface area (Å²) in [7, 11) is 4.72. The van der Waals surface area contributed by atoms with E-state index in [1.807, 2.05) is 0 Å². The molecule has 3 aromatic rings. The van der Waals surface area contributed by atoms with Crippen molar-refractivity contribution >= 4 is 33.7 Å². The summed E-state index contributed by atoms with van der Waals surface area (Å²) in [6.07, 6.45) is 2.68. The number of thioether (sulfide) groups is 1. The topological polar surface area (TPSA) is 178 Å². The molecule has 3 heterocycles. The van der Waals surface area contributed by atoms with Gasteiger partial charge in [-0.2, -0.15) is 0 Å². The van der Waals surface area contributed by atoms with Gasteiger partial charge in [-0.25, -0.2) is 8.78 Å². The number of hydrogen-bond acceptors (Lipinski definition) is 11. The minimum absolute atomic E-state index is 0.0458. The number of methoxy groups -OCH3 is 1. The number of amides is 2. The molecule has 2 aromatic heterocycles. The van der Waals surface area contributed by atoms with E-state index in [1.54, 1.807) is 25.2 Å². The SMILES string of the molecule is COc1cc(CNC(=O)C2CCC3(CC2)N(C)C(=O)c2c(O)c(=O)c(C(=N)SC(=N)Cc4ccc(F)cc4F)cn2N3C)on1. The highest BCUT2D eigenvalue weighted by Crippen LogP contribution is 2.41. The molecule has 1 aliphatic carbocycles. The second-order valence-corrected chi connectivity index (χ2v) is 12.0. The van der Waals surface area contributed by atoms with Crippen LogP contribution in [0.5, 0.6) is 11.6 Å². The molecule has 2 aliphatic rings. The third kappa shape index (κ3) is 5.89. The Morgan fingerprint density at radius 2 is 1.93 bits per heavy atom. The van der Waals surface area contributed by atoms with Crippen LogP contribution in [0.1, 0.15) is 53.1 Å². The fourth-order valence-electron chi connectivity index (χ4n) is 5.80. The van der Waals surface area contributed by atoms with Crippen molar-refractivity contribution in [1.29, 1.82) is 10.8 Å². The average molecular weight is 644 g/mol. The van der Waals surface area contributed by atoms with Gasteiger partial charge < -0.3 is 24.6 Å². The van der Waals surface area contributed by atoms with E-state index in [4.69, 9.17) is 20.1 Å². The van der Waals surface area contributed by atoms with Gasteiger partial charge in [-0.1, -0.05) is 17.8 Å². The van der Waals surface area contributed by atoms with Crippen LogP contribution in [-0.2, 0) is 17.8 Å². The zero-order valence-corrected chi connectivity index (χ0v) is 25.5. The number of carbonyl (C=O) groups excluding carboxylic acids is 2. The van der Waals surface area contributed by atoms with Crippen molar-refractivity contribution in [3.63, 3.8) is 0 Å². The molecule has 1 saturated carbocycles. The molecule has 1 fully saturated rings. The zero-order valence-electron chi connectivity index (χ0n) is 24.6. The standard InChI is InChI=1S/C29H31F2N7O6S/c1-36-28(42)23-25(40)24(39)19(26(33)45-21(32)10-16-4-5-17(30)11-20(16)31)14-38(23)37(2)29(36)8-6-15(7-9-29)27(41)34-13-18-12-22(43-3)35-44-18/h4-5,11-12,14-15,32-33,40H,6-10,13H2,1-3H3,(H,34,41). The number of hydrogen-bond donors (Lipinski definition) is 4. The molecule has 1 aromatic carbocycles. The smallest absolute Gasteiger partial charge is 0.278 e. The summed E-state index contributed by atoms with van der Waals surface area (Å²) in [5.41, 5.74) is -2.36. The maximum absolute atomic E-state index is 14.1. The lowest BCUT2D eigenvalue weighted by molar-refractivity contribution is -0.127. The van der Waals surface area contributed by atoms with Crippen molar-refractivity contribution in [2.24, 2.45) is 5.92 Å². The first kappa shape index (κ1) is 31.7. The largest absolute Gasteiger partial charge is 0.502 e. The Morgan fingerprint density at radius 1 is 1.22 bits per heavy atom. The van der Waals surface area contributed by atoms with Crippen molar-refractivity contribution in [2.45, 2.75) is 44.3 Å². The zero-order chi connectivity index (χ0) is 32.6. The number of aromatic hydroxyl groups is 1. The fraction of sp³-hybridized carbons (Fsp3) is 0.379. The van der Waals surface area contributed by atoms with E-state index >= 15 is 0 Å². The van der Waals surface area contributed by atoms with Crippen LogP contribution >= 0.6 is 11.8 Å². The van der Waals surface area contributed by atoms with Crippen molar-refractivity contribution < 1.29 is 32.7 Å². The number of benzene rings is 1. The Kier molecular flexibility index (Phi) is 8.69. The molecule has 0 bridgehead atoms. The second kappa shape index (κ2) is 12.3. The van der Waals surface area contributed by atoms with Gasteiger partial charge in [0.05, 0.1) is 24.3 Å². The van der Waals surface area contributed by atoms with Gasteiger partial charge in [0.2, 0.25) is 11.3 Å². The lowest BCUT2D eigenvalue weighted by atomic mass is 9.79. The summed E-state index contributed by atoms with van der Waals surface area (Å²) in [5.74, 6) is -2.81. The van der Waals surface area contributed by atoms with Gasteiger partial charge in [-0.15, -0.1) is 0 Å². The van der Waals surface area contributed by atoms with Crippen LogP contribution in [0.3, 0.4) is 0 Å². The summed E-state index contributed by atoms with van der Waals surface area (Å²) >= 11 is 0.579. The number of nitrogens with zero attached hydrogens (tertiary/aromatic N) is 4. The summed E-state index contributed by atoms with van der Waals surface area (Å²) in [6.45, 7) is 0.137. The Hall–Kier alpha value is -4.73. The molecule has 5 rings (SSSR count). The predicted molar refractivity (Wildman–Crippen MR) is 160 cm³/mol. The second-order valence-electron chi connectivity index (χ2n) is 10.9. The normalized spacial score (nSPS) is 19.4. The highest BCUT2D eigenvalue weighted by molar-refractivity contribution is 8.26. The van der Waals surface area contributed by atoms with Crippen LogP contribution in [0.25, 0.3) is 0 Å². The maximum Gasteiger partial charge on any atom is 0.278 e. The van der Waals surface area contributed by atoms with Gasteiger partial charge in [0.25, 0.3) is 11.8 Å². The van der Waals surface area contributed by atoms with Gasteiger partial charge in [0.1, 0.15) is 22.3 Å². The van der Waals surface area contributed by atoms with Gasteiger partial charge in [-0.3, -0.25) is 34.9 Å². The lowest BCUT2D eigenvalue weighted by Crippen LogP contribution is -2.69. The van der Waals surface area contributed by atoms with E-state index in [9.17, 15) is 28.3 Å². The molecule has 4 N–H and O–H groups in total. The molecule has 0 saturated heterocycles. The van der Waals surface area contributed by atoms with Gasteiger partial charge in [0, 0.05) is 44.8 Å². The Balaban J connectivity index is 1.32. The number of pyridine rings is 1. The summed E-state index contributed by atoms with van der Waals surface area (Å²) < 4.78 is 38.8. The van der Waals surface area contributed by atoms with Crippen molar-refractivity contribution in [3.05, 3.63) is 74.9 Å². The van der Waals surface area contributed by atoms with E-state index in [0.717, 1.165) is 6.07 Å². The first-order valence-corrected chi connectivity index (χ1v) is 14.7. The van der Waals surface area contributed by atoms with Gasteiger partial charge >= 0.3 is 0 Å². The van der Waals surface area contributed by atoms with Crippen LogP contribution in [0, 0.1) is 28.4 Å².